The van der Waals surface area contributed by atoms with Crippen LogP contribution >= 0.6 is 0 Å². The molecule has 0 unspecified atom stereocenters. The maximum atomic E-state index is 13.7. The molecule has 372 valence electrons. The average Bonchev–Trinajstić information content (AvgIpc) is 3.30. The van der Waals surface area contributed by atoms with Crippen LogP contribution in [0, 0.1) is 4.91 Å². The largest absolute Gasteiger partial charge is 0.462 e. The lowest BCUT2D eigenvalue weighted by atomic mass is 9.96. The summed E-state index contributed by atoms with van der Waals surface area (Å²) in [7, 11) is 1.59. The molecular formula is C51H85N7O8. The first-order valence-electron chi connectivity index (χ1n) is 24.8. The summed E-state index contributed by atoms with van der Waals surface area (Å²) >= 11 is 0. The lowest BCUT2D eigenvalue weighted by Gasteiger charge is -2.23. The van der Waals surface area contributed by atoms with Gasteiger partial charge in [0.25, 0.3) is 17.4 Å². The summed E-state index contributed by atoms with van der Waals surface area (Å²) in [5, 5.41) is 14.1. The van der Waals surface area contributed by atoms with Crippen LogP contribution in [0.25, 0.3) is 0 Å². The minimum atomic E-state index is -0.802. The van der Waals surface area contributed by atoms with E-state index in [2.05, 4.69) is 44.3 Å². The minimum Gasteiger partial charge on any atom is -0.462 e. The molecule has 15 heteroatoms. The summed E-state index contributed by atoms with van der Waals surface area (Å²) in [6.07, 6.45) is 23.7. The van der Waals surface area contributed by atoms with Crippen LogP contribution in [0.2, 0.25) is 0 Å². The van der Waals surface area contributed by atoms with Crippen LogP contribution in [0.3, 0.4) is 0 Å². The van der Waals surface area contributed by atoms with Crippen molar-refractivity contribution in [2.75, 3.05) is 33.4 Å². The van der Waals surface area contributed by atoms with E-state index in [9.17, 15) is 28.9 Å². The first kappa shape index (κ1) is 60.8. The molecule has 0 fully saturated rings. The van der Waals surface area contributed by atoms with Gasteiger partial charge in [-0.05, 0) is 69.0 Å². The fraction of sp³-hybridized carbons (Fsp3) is 0.667. The van der Waals surface area contributed by atoms with E-state index in [1.165, 1.54) is 96.3 Å². The van der Waals surface area contributed by atoms with Gasteiger partial charge in [-0.3, -0.25) is 14.4 Å². The molecule has 0 spiro atoms. The van der Waals surface area contributed by atoms with Gasteiger partial charge in [0.2, 0.25) is 5.82 Å². The number of nitroso groups, excluding NO2 is 1. The second kappa shape index (κ2) is 38.0. The molecule has 2 rings (SSSR count). The van der Waals surface area contributed by atoms with E-state index >= 15 is 0 Å². The van der Waals surface area contributed by atoms with Crippen molar-refractivity contribution in [2.45, 2.75) is 190 Å². The molecular weight excluding hydrogens is 839 g/mol. The molecule has 66 heavy (non-hydrogen) atoms. The van der Waals surface area contributed by atoms with Gasteiger partial charge in [0, 0.05) is 37.0 Å². The van der Waals surface area contributed by atoms with E-state index in [-0.39, 0.29) is 53.2 Å². The number of azo groups is 1. The molecule has 1 aromatic carbocycles. The molecule has 2 aromatic rings. The Kier molecular flexibility index (Phi) is 35.0. The van der Waals surface area contributed by atoms with E-state index in [1.807, 2.05) is 18.7 Å². The number of esters is 2. The van der Waals surface area contributed by atoms with Crippen molar-refractivity contribution in [1.82, 2.24) is 15.2 Å². The van der Waals surface area contributed by atoms with Crippen LogP contribution in [-0.2, 0) is 19.1 Å². The van der Waals surface area contributed by atoms with Gasteiger partial charge in [0.15, 0.2) is 0 Å². The highest BCUT2D eigenvalue weighted by molar-refractivity contribution is 6.16. The number of nitrogens with one attached hydrogen (secondary N) is 2. The number of benzene rings is 1. The molecule has 0 radical (unpaired) electrons. The van der Waals surface area contributed by atoms with Gasteiger partial charge in [-0.1, -0.05) is 151 Å². The van der Waals surface area contributed by atoms with Crippen molar-refractivity contribution in [3.8, 4) is 0 Å². The van der Waals surface area contributed by atoms with Crippen LogP contribution in [-0.4, -0.2) is 67.0 Å². The third kappa shape index (κ3) is 23.8. The molecule has 0 aliphatic heterocycles. The van der Waals surface area contributed by atoms with Gasteiger partial charge >= 0.3 is 11.9 Å². The SMILES string of the molecule is CC.CCCCCCCCCCCCN(CCCCCCCCCCC)C(=O)c1ccc(N=Nc2c(N=O)[nH]c(=O)c(C(=O)OCC)c2C(C)C)cc1.CCOC(=O)/C(C(N)=O)=C(/C)NC. The lowest BCUT2D eigenvalue weighted by molar-refractivity contribution is -0.140. The number of carbonyl (C=O) groups excluding carboxylic acids is 4. The molecule has 0 aliphatic rings. The number of hydrogen-bond donors (Lipinski definition) is 3. The van der Waals surface area contributed by atoms with Crippen molar-refractivity contribution in [2.24, 2.45) is 21.1 Å². The van der Waals surface area contributed by atoms with Crippen molar-refractivity contribution < 1.29 is 28.7 Å². The zero-order chi connectivity index (χ0) is 49.7. The number of amides is 2. The monoisotopic (exact) mass is 924 g/mol. The molecule has 0 aliphatic carbocycles. The Morgan fingerprint density at radius 3 is 1.56 bits per heavy atom. The first-order valence-corrected chi connectivity index (χ1v) is 24.8. The number of carbonyl (C=O) groups is 4. The fourth-order valence-electron chi connectivity index (χ4n) is 7.18. The lowest BCUT2D eigenvalue weighted by Crippen LogP contribution is -2.33. The zero-order valence-corrected chi connectivity index (χ0v) is 42.3. The summed E-state index contributed by atoms with van der Waals surface area (Å²) in [6, 6.07) is 6.90. The van der Waals surface area contributed by atoms with Crippen LogP contribution in [0.1, 0.15) is 217 Å². The zero-order valence-electron chi connectivity index (χ0n) is 42.3. The highest BCUT2D eigenvalue weighted by Gasteiger charge is 2.27. The Balaban J connectivity index is 0.00000241. The number of aromatic amines is 1. The smallest absolute Gasteiger partial charge is 0.345 e. The number of allylic oxidation sites excluding steroid dienone is 1. The highest BCUT2D eigenvalue weighted by atomic mass is 16.5. The van der Waals surface area contributed by atoms with E-state index in [0.29, 0.717) is 16.9 Å². The summed E-state index contributed by atoms with van der Waals surface area (Å²) in [4.78, 5) is 77.0. The molecule has 0 atom stereocenters. The van der Waals surface area contributed by atoms with E-state index < -0.39 is 23.4 Å². The van der Waals surface area contributed by atoms with Gasteiger partial charge in [0.05, 0.1) is 18.9 Å². The molecule has 0 bridgehead atoms. The molecule has 1 heterocycles. The molecule has 1 aromatic heterocycles. The molecule has 15 nitrogen and oxygen atoms in total. The number of primary amides is 1. The third-order valence-corrected chi connectivity index (χ3v) is 10.8. The standard InChI is InChI=1S/C41H65N5O5.C8H14N2O3.C2H6/c1-6-9-11-13-15-17-19-21-23-25-31-46(30-24-22-20-18-16-14-12-10-7-2)40(48)33-26-28-34(29-27-33)43-44-37-35(32(4)5)36(41(49)51-8-3)39(47)42-38(37)45-50;1-4-13-8(12)6(7(9)11)5(2)10-3;1-2/h26-29,32H,6-25,30-31H2,1-5H3,(H,42,47);10H,4H2,1-3H3,(H2,9,11);1-2H3/b;6-5-;. The second-order valence-corrected chi connectivity index (χ2v) is 16.3. The summed E-state index contributed by atoms with van der Waals surface area (Å²) in [6.45, 7) is 18.7. The van der Waals surface area contributed by atoms with E-state index in [1.54, 1.807) is 65.9 Å². The van der Waals surface area contributed by atoms with Crippen molar-refractivity contribution >= 4 is 40.9 Å². The van der Waals surface area contributed by atoms with Crippen molar-refractivity contribution in [3.63, 3.8) is 0 Å². The number of hydrogen-bond acceptors (Lipinski definition) is 12. The maximum absolute atomic E-state index is 13.7. The van der Waals surface area contributed by atoms with Gasteiger partial charge < -0.3 is 30.4 Å². The number of aromatic nitrogens is 1. The first-order chi connectivity index (χ1) is 31.8. The number of ether oxygens (including phenoxy) is 2. The van der Waals surface area contributed by atoms with Crippen LogP contribution in [0.15, 0.2) is 55.7 Å². The summed E-state index contributed by atoms with van der Waals surface area (Å²) < 4.78 is 9.74. The van der Waals surface area contributed by atoms with Crippen LogP contribution in [0.4, 0.5) is 17.2 Å². The predicted octanol–water partition coefficient (Wildman–Crippen LogP) is 12.9. The topological polar surface area (TPSA) is 215 Å². The number of nitrogens with zero attached hydrogens (tertiary/aromatic N) is 4. The maximum Gasteiger partial charge on any atom is 0.345 e. The van der Waals surface area contributed by atoms with Crippen molar-refractivity contribution in [3.05, 3.63) is 67.5 Å². The molecule has 2 amide bonds. The second-order valence-electron chi connectivity index (χ2n) is 16.3. The Labute approximate surface area is 395 Å². The molecule has 4 N–H and O–H groups in total. The number of rotatable bonds is 32. The van der Waals surface area contributed by atoms with Gasteiger partial charge in [-0.15, -0.1) is 10.0 Å². The van der Waals surface area contributed by atoms with Crippen LogP contribution in [0.5, 0.6) is 0 Å². The quantitative estimate of drug-likeness (QED) is 0.0121. The number of nitrogens with two attached hydrogens (primary N) is 1. The fourth-order valence-corrected chi connectivity index (χ4v) is 7.18. The van der Waals surface area contributed by atoms with Gasteiger partial charge in [-0.25, -0.2) is 9.59 Å². The van der Waals surface area contributed by atoms with Crippen molar-refractivity contribution in [1.29, 1.82) is 0 Å². The van der Waals surface area contributed by atoms with Gasteiger partial charge in [-0.2, -0.15) is 5.11 Å². The minimum absolute atomic E-state index is 0.00596. The van der Waals surface area contributed by atoms with E-state index in [0.717, 1.165) is 38.8 Å². The molecule has 0 saturated carbocycles. The van der Waals surface area contributed by atoms with E-state index in [4.69, 9.17) is 10.5 Å². The summed E-state index contributed by atoms with van der Waals surface area (Å²) in [5.74, 6) is -2.93. The number of unbranched alkanes of at least 4 members (excludes halogenated alkanes) is 17. The Morgan fingerprint density at radius 1 is 0.712 bits per heavy atom. The summed E-state index contributed by atoms with van der Waals surface area (Å²) in [5.41, 5.74) is 5.57. The Bertz CT molecular complexity index is 1820. The third-order valence-electron chi connectivity index (χ3n) is 10.8. The highest BCUT2D eigenvalue weighted by Crippen LogP contribution is 2.37. The Hall–Kier alpha value is -5.21. The Morgan fingerprint density at radius 2 is 1.17 bits per heavy atom. The predicted molar refractivity (Wildman–Crippen MR) is 267 cm³/mol. The number of pyridine rings is 1. The average molecular weight is 924 g/mol. The van der Waals surface area contributed by atoms with Gasteiger partial charge in [0.1, 0.15) is 16.8 Å². The van der Waals surface area contributed by atoms with Crippen LogP contribution < -0.4 is 16.6 Å². The number of H-pyrrole nitrogens is 1. The molecule has 0 saturated heterocycles. The normalized spacial score (nSPS) is 11.2.